The van der Waals surface area contributed by atoms with Crippen molar-refractivity contribution in [2.24, 2.45) is 5.92 Å². The molecule has 0 fully saturated rings. The van der Waals surface area contributed by atoms with E-state index in [1.165, 1.54) is 0 Å². The Kier molecular flexibility index (Phi) is 4.15. The number of rotatable bonds is 5. The van der Waals surface area contributed by atoms with E-state index in [4.69, 9.17) is 11.6 Å². The summed E-state index contributed by atoms with van der Waals surface area (Å²) in [4.78, 5) is 0. The van der Waals surface area contributed by atoms with E-state index >= 15 is 0 Å². The monoisotopic (exact) mass is 265 g/mol. The molecule has 0 amide bonds. The molecular formula is C12H16ClN5. The zero-order chi connectivity index (χ0) is 13.0. The first kappa shape index (κ1) is 12.8. The van der Waals surface area contributed by atoms with Crippen LogP contribution in [-0.4, -0.2) is 32.1 Å². The lowest BCUT2D eigenvalue weighted by Gasteiger charge is -2.14. The van der Waals surface area contributed by atoms with Gasteiger partial charge in [0, 0.05) is 6.54 Å². The molecule has 0 aliphatic rings. The van der Waals surface area contributed by atoms with E-state index in [1.807, 2.05) is 30.3 Å². The van der Waals surface area contributed by atoms with E-state index in [-0.39, 0.29) is 5.38 Å². The van der Waals surface area contributed by atoms with Gasteiger partial charge in [-0.05, 0) is 28.5 Å². The first-order valence-corrected chi connectivity index (χ1v) is 6.34. The van der Waals surface area contributed by atoms with Crippen LogP contribution >= 0.6 is 11.6 Å². The van der Waals surface area contributed by atoms with E-state index in [0.717, 1.165) is 5.69 Å². The van der Waals surface area contributed by atoms with E-state index in [0.29, 0.717) is 18.4 Å². The minimum Gasteiger partial charge on any atom is -0.351 e. The fraction of sp³-hybridized carbons (Fsp3) is 0.417. The number of anilines is 1. The van der Waals surface area contributed by atoms with Crippen molar-refractivity contribution in [2.45, 2.75) is 19.2 Å². The quantitative estimate of drug-likeness (QED) is 0.843. The second kappa shape index (κ2) is 5.82. The summed E-state index contributed by atoms with van der Waals surface area (Å²) in [6, 6.07) is 9.73. The Bertz CT molecular complexity index is 482. The first-order valence-electron chi connectivity index (χ1n) is 5.90. The van der Waals surface area contributed by atoms with Crippen molar-refractivity contribution >= 4 is 17.5 Å². The van der Waals surface area contributed by atoms with Gasteiger partial charge in [0.25, 0.3) is 0 Å². The number of halogens is 1. The molecule has 1 unspecified atom stereocenters. The van der Waals surface area contributed by atoms with Crippen molar-refractivity contribution < 1.29 is 0 Å². The highest BCUT2D eigenvalue weighted by molar-refractivity contribution is 6.21. The molecule has 96 valence electrons. The molecule has 1 aromatic carbocycles. The van der Waals surface area contributed by atoms with Crippen LogP contribution in [0, 0.1) is 5.92 Å². The molecule has 0 aliphatic heterocycles. The SMILES string of the molecule is CC(C)C(Cl)CNc1nnnn1-c1ccccc1. The maximum absolute atomic E-state index is 6.19. The molecule has 0 spiro atoms. The Morgan fingerprint density at radius 2 is 2.00 bits per heavy atom. The summed E-state index contributed by atoms with van der Waals surface area (Å²) < 4.78 is 1.66. The van der Waals surface area contributed by atoms with E-state index in [2.05, 4.69) is 34.7 Å². The fourth-order valence-corrected chi connectivity index (χ4v) is 1.54. The highest BCUT2D eigenvalue weighted by Gasteiger charge is 2.12. The zero-order valence-electron chi connectivity index (χ0n) is 10.4. The van der Waals surface area contributed by atoms with Gasteiger partial charge in [0.15, 0.2) is 0 Å². The van der Waals surface area contributed by atoms with Gasteiger partial charge in [0.1, 0.15) is 0 Å². The number of tetrazole rings is 1. The molecule has 5 nitrogen and oxygen atoms in total. The predicted molar refractivity (Wildman–Crippen MR) is 72.1 cm³/mol. The second-order valence-corrected chi connectivity index (χ2v) is 4.95. The maximum Gasteiger partial charge on any atom is 0.247 e. The van der Waals surface area contributed by atoms with Crippen molar-refractivity contribution in [3.63, 3.8) is 0 Å². The highest BCUT2D eigenvalue weighted by Crippen LogP contribution is 2.13. The van der Waals surface area contributed by atoms with E-state index in [1.54, 1.807) is 4.68 Å². The van der Waals surface area contributed by atoms with Gasteiger partial charge in [-0.1, -0.05) is 37.1 Å². The number of hydrogen-bond acceptors (Lipinski definition) is 4. The van der Waals surface area contributed by atoms with E-state index < -0.39 is 0 Å². The molecule has 1 atom stereocenters. The van der Waals surface area contributed by atoms with Crippen molar-refractivity contribution in [3.8, 4) is 5.69 Å². The smallest absolute Gasteiger partial charge is 0.247 e. The number of nitrogens with zero attached hydrogens (tertiary/aromatic N) is 4. The number of hydrogen-bond donors (Lipinski definition) is 1. The van der Waals surface area contributed by atoms with Gasteiger partial charge in [-0.25, -0.2) is 0 Å². The van der Waals surface area contributed by atoms with Crippen LogP contribution in [0.25, 0.3) is 5.69 Å². The average molecular weight is 266 g/mol. The molecule has 2 rings (SSSR count). The van der Waals surface area contributed by atoms with E-state index in [9.17, 15) is 0 Å². The van der Waals surface area contributed by atoms with Crippen LogP contribution in [0.1, 0.15) is 13.8 Å². The second-order valence-electron chi connectivity index (χ2n) is 4.39. The van der Waals surface area contributed by atoms with Gasteiger partial charge >= 0.3 is 0 Å². The number of benzene rings is 1. The molecule has 0 bridgehead atoms. The summed E-state index contributed by atoms with van der Waals surface area (Å²) in [5.74, 6) is 1.01. The third-order valence-corrected chi connectivity index (χ3v) is 3.31. The maximum atomic E-state index is 6.19. The number of alkyl halides is 1. The largest absolute Gasteiger partial charge is 0.351 e. The van der Waals surface area contributed by atoms with Crippen LogP contribution in [0.4, 0.5) is 5.95 Å². The van der Waals surface area contributed by atoms with Crippen LogP contribution in [0.15, 0.2) is 30.3 Å². The Labute approximate surface area is 111 Å². The minimum atomic E-state index is 0.0472. The zero-order valence-corrected chi connectivity index (χ0v) is 11.2. The molecule has 1 aromatic heterocycles. The van der Waals surface area contributed by atoms with Crippen molar-refractivity contribution in [1.82, 2.24) is 20.2 Å². The molecule has 0 aliphatic carbocycles. The number of aromatic nitrogens is 4. The van der Waals surface area contributed by atoms with Crippen LogP contribution in [0.5, 0.6) is 0 Å². The molecule has 18 heavy (non-hydrogen) atoms. The number of nitrogens with one attached hydrogen (secondary N) is 1. The Morgan fingerprint density at radius 1 is 1.28 bits per heavy atom. The van der Waals surface area contributed by atoms with Crippen LogP contribution in [-0.2, 0) is 0 Å². The lowest BCUT2D eigenvalue weighted by Crippen LogP contribution is -2.21. The molecule has 0 saturated heterocycles. The lowest BCUT2D eigenvalue weighted by atomic mass is 10.1. The molecule has 0 radical (unpaired) electrons. The van der Waals surface area contributed by atoms with Gasteiger partial charge < -0.3 is 5.32 Å². The molecule has 2 aromatic rings. The summed E-state index contributed by atoms with van der Waals surface area (Å²) in [7, 11) is 0. The van der Waals surface area contributed by atoms with Gasteiger partial charge in [-0.2, -0.15) is 4.68 Å². The summed E-state index contributed by atoms with van der Waals surface area (Å²) >= 11 is 6.19. The third kappa shape index (κ3) is 2.98. The Hall–Kier alpha value is -1.62. The molecule has 1 N–H and O–H groups in total. The average Bonchev–Trinajstić information content (AvgIpc) is 2.85. The summed E-state index contributed by atoms with van der Waals surface area (Å²) in [6.07, 6.45) is 0. The van der Waals surface area contributed by atoms with Gasteiger partial charge in [0.2, 0.25) is 5.95 Å². The summed E-state index contributed by atoms with van der Waals surface area (Å²) in [5.41, 5.74) is 0.917. The van der Waals surface area contributed by atoms with Gasteiger partial charge in [-0.3, -0.25) is 0 Å². The van der Waals surface area contributed by atoms with Crippen molar-refractivity contribution in [2.75, 3.05) is 11.9 Å². The van der Waals surface area contributed by atoms with Gasteiger partial charge in [-0.15, -0.1) is 11.6 Å². The van der Waals surface area contributed by atoms with Crippen LogP contribution in [0.2, 0.25) is 0 Å². The molecule has 6 heteroatoms. The summed E-state index contributed by atoms with van der Waals surface area (Å²) in [6.45, 7) is 4.80. The number of para-hydroxylation sites is 1. The first-order chi connectivity index (χ1) is 8.68. The van der Waals surface area contributed by atoms with Crippen molar-refractivity contribution in [1.29, 1.82) is 0 Å². The van der Waals surface area contributed by atoms with Gasteiger partial charge in [0.05, 0.1) is 11.1 Å². The predicted octanol–water partition coefficient (Wildman–Crippen LogP) is 2.34. The summed E-state index contributed by atoms with van der Waals surface area (Å²) in [5, 5.41) is 14.8. The van der Waals surface area contributed by atoms with Crippen LogP contribution < -0.4 is 5.32 Å². The lowest BCUT2D eigenvalue weighted by molar-refractivity contribution is 0.614. The standard InChI is InChI=1S/C12H16ClN5/c1-9(2)11(13)8-14-12-15-16-17-18(12)10-6-4-3-5-7-10/h3-7,9,11H,8H2,1-2H3,(H,14,15,17). The molecule has 0 saturated carbocycles. The minimum absolute atomic E-state index is 0.0472. The van der Waals surface area contributed by atoms with Crippen molar-refractivity contribution in [3.05, 3.63) is 30.3 Å². The third-order valence-electron chi connectivity index (χ3n) is 2.65. The Balaban J connectivity index is 2.09. The Morgan fingerprint density at radius 3 is 2.67 bits per heavy atom. The normalized spacial score (nSPS) is 12.7. The fourth-order valence-electron chi connectivity index (χ4n) is 1.46. The molecular weight excluding hydrogens is 250 g/mol. The molecule has 1 heterocycles. The van der Waals surface area contributed by atoms with Crippen LogP contribution in [0.3, 0.4) is 0 Å². The highest BCUT2D eigenvalue weighted by atomic mass is 35.5. The topological polar surface area (TPSA) is 55.6 Å².